The number of carbonyl (C=O) groups is 1. The number of amides is 1. The Morgan fingerprint density at radius 2 is 2.00 bits per heavy atom. The van der Waals surface area contributed by atoms with Crippen LogP contribution in [0.15, 0.2) is 0 Å². The maximum Gasteiger partial charge on any atom is 0.217 e. The zero-order valence-corrected chi connectivity index (χ0v) is 9.92. The van der Waals surface area contributed by atoms with Crippen molar-refractivity contribution >= 4 is 5.91 Å². The second-order valence-electron chi connectivity index (χ2n) is 4.49. The number of carbonyl (C=O) groups excluding carboxylic acids is 1. The first-order valence-corrected chi connectivity index (χ1v) is 6.07. The van der Waals surface area contributed by atoms with E-state index in [1.165, 1.54) is 12.8 Å². The van der Waals surface area contributed by atoms with Crippen molar-refractivity contribution < 1.29 is 9.53 Å². The summed E-state index contributed by atoms with van der Waals surface area (Å²) in [7, 11) is 0. The number of ether oxygens (including phenoxy) is 1. The molecule has 1 fully saturated rings. The van der Waals surface area contributed by atoms with Crippen molar-refractivity contribution in [1.82, 2.24) is 5.32 Å². The Labute approximate surface area is 92.6 Å². The molecule has 1 aliphatic carbocycles. The molecule has 1 aliphatic rings. The molecule has 0 aromatic rings. The minimum Gasteiger partial charge on any atom is -0.381 e. The van der Waals surface area contributed by atoms with E-state index in [1.54, 1.807) is 6.92 Å². The topological polar surface area (TPSA) is 38.3 Å². The molecular formula is C12H23NO2. The zero-order valence-electron chi connectivity index (χ0n) is 9.92. The van der Waals surface area contributed by atoms with Gasteiger partial charge in [0.2, 0.25) is 5.91 Å². The molecular weight excluding hydrogens is 190 g/mol. The lowest BCUT2D eigenvalue weighted by Gasteiger charge is -2.28. The molecule has 0 saturated heterocycles. The Hall–Kier alpha value is -0.570. The van der Waals surface area contributed by atoms with Gasteiger partial charge in [-0.25, -0.2) is 0 Å². The van der Waals surface area contributed by atoms with Gasteiger partial charge in [0.1, 0.15) is 0 Å². The van der Waals surface area contributed by atoms with Crippen molar-refractivity contribution in [1.29, 1.82) is 0 Å². The van der Waals surface area contributed by atoms with Crippen molar-refractivity contribution in [3.8, 4) is 0 Å². The Kier molecular flexibility index (Phi) is 5.69. The van der Waals surface area contributed by atoms with E-state index in [0.29, 0.717) is 12.0 Å². The first-order valence-electron chi connectivity index (χ1n) is 6.07. The van der Waals surface area contributed by atoms with Crippen LogP contribution in [0.5, 0.6) is 0 Å². The van der Waals surface area contributed by atoms with E-state index in [0.717, 1.165) is 32.5 Å². The van der Waals surface area contributed by atoms with Crippen LogP contribution in [0, 0.1) is 5.92 Å². The summed E-state index contributed by atoms with van der Waals surface area (Å²) in [6.07, 6.45) is 5.70. The second-order valence-corrected chi connectivity index (χ2v) is 4.49. The van der Waals surface area contributed by atoms with Gasteiger partial charge in [-0.1, -0.05) is 6.92 Å². The molecule has 0 spiro atoms. The number of hydrogen-bond donors (Lipinski definition) is 1. The number of hydrogen-bond acceptors (Lipinski definition) is 2. The van der Waals surface area contributed by atoms with Gasteiger partial charge in [0.25, 0.3) is 0 Å². The van der Waals surface area contributed by atoms with Crippen molar-refractivity contribution in [3.63, 3.8) is 0 Å². The molecule has 0 aromatic carbocycles. The Balaban J connectivity index is 2.10. The van der Waals surface area contributed by atoms with Crippen LogP contribution in [0.25, 0.3) is 0 Å². The highest BCUT2D eigenvalue weighted by Gasteiger charge is 2.21. The van der Waals surface area contributed by atoms with Crippen LogP contribution < -0.4 is 5.32 Å². The summed E-state index contributed by atoms with van der Waals surface area (Å²) >= 11 is 0. The van der Waals surface area contributed by atoms with Gasteiger partial charge in [-0.05, 0) is 38.0 Å². The molecule has 0 unspecified atom stereocenters. The highest BCUT2D eigenvalue weighted by atomic mass is 16.5. The fraction of sp³-hybridized carbons (Fsp3) is 0.917. The van der Waals surface area contributed by atoms with Crippen LogP contribution >= 0.6 is 0 Å². The van der Waals surface area contributed by atoms with E-state index in [-0.39, 0.29) is 5.91 Å². The molecule has 0 aromatic heterocycles. The Morgan fingerprint density at radius 1 is 1.33 bits per heavy atom. The molecule has 15 heavy (non-hydrogen) atoms. The maximum absolute atomic E-state index is 10.9. The summed E-state index contributed by atoms with van der Waals surface area (Å²) in [5, 5.41) is 2.99. The van der Waals surface area contributed by atoms with Crippen LogP contribution in [0.3, 0.4) is 0 Å². The summed E-state index contributed by atoms with van der Waals surface area (Å²) in [4.78, 5) is 10.9. The molecule has 0 bridgehead atoms. The third-order valence-corrected chi connectivity index (χ3v) is 2.96. The minimum absolute atomic E-state index is 0.0979. The molecule has 3 heteroatoms. The van der Waals surface area contributed by atoms with E-state index in [4.69, 9.17) is 4.74 Å². The summed E-state index contributed by atoms with van der Waals surface area (Å²) in [6.45, 7) is 5.51. The van der Waals surface area contributed by atoms with Crippen LogP contribution in [-0.4, -0.2) is 25.2 Å². The average molecular weight is 213 g/mol. The van der Waals surface area contributed by atoms with Crippen LogP contribution in [0.4, 0.5) is 0 Å². The predicted molar refractivity (Wildman–Crippen MR) is 60.7 cm³/mol. The number of nitrogens with one attached hydrogen (secondary N) is 1. The fourth-order valence-electron chi connectivity index (χ4n) is 2.16. The molecule has 0 aliphatic heterocycles. The molecule has 0 atom stereocenters. The van der Waals surface area contributed by atoms with Gasteiger partial charge >= 0.3 is 0 Å². The molecule has 88 valence electrons. The standard InChI is InChI=1S/C12H23NO2/c1-3-8-15-9-11-4-6-12(7-5-11)13-10(2)14/h11-12H,3-9H2,1-2H3,(H,13,14). The van der Waals surface area contributed by atoms with Crippen molar-refractivity contribution in [2.24, 2.45) is 5.92 Å². The molecule has 1 N–H and O–H groups in total. The monoisotopic (exact) mass is 213 g/mol. The van der Waals surface area contributed by atoms with Crippen LogP contribution in [-0.2, 0) is 9.53 Å². The van der Waals surface area contributed by atoms with E-state index in [2.05, 4.69) is 12.2 Å². The summed E-state index contributed by atoms with van der Waals surface area (Å²) in [5.74, 6) is 0.808. The highest BCUT2D eigenvalue weighted by molar-refractivity contribution is 5.73. The van der Waals surface area contributed by atoms with E-state index in [9.17, 15) is 4.79 Å². The van der Waals surface area contributed by atoms with E-state index in [1.807, 2.05) is 0 Å². The van der Waals surface area contributed by atoms with Gasteiger partial charge in [0, 0.05) is 26.2 Å². The van der Waals surface area contributed by atoms with Gasteiger partial charge in [-0.3, -0.25) is 4.79 Å². The minimum atomic E-state index is 0.0979. The van der Waals surface area contributed by atoms with Crippen LogP contribution in [0.2, 0.25) is 0 Å². The normalized spacial score (nSPS) is 26.3. The quantitative estimate of drug-likeness (QED) is 0.710. The van der Waals surface area contributed by atoms with Crippen molar-refractivity contribution in [3.05, 3.63) is 0 Å². The molecule has 0 heterocycles. The largest absolute Gasteiger partial charge is 0.381 e. The lowest BCUT2D eigenvalue weighted by molar-refractivity contribution is -0.119. The Bertz CT molecular complexity index is 186. The second kappa shape index (κ2) is 6.83. The fourth-order valence-corrected chi connectivity index (χ4v) is 2.16. The Morgan fingerprint density at radius 3 is 2.53 bits per heavy atom. The smallest absolute Gasteiger partial charge is 0.217 e. The van der Waals surface area contributed by atoms with Crippen LogP contribution in [0.1, 0.15) is 46.0 Å². The van der Waals surface area contributed by atoms with Crippen molar-refractivity contribution in [2.75, 3.05) is 13.2 Å². The summed E-state index contributed by atoms with van der Waals surface area (Å²) < 4.78 is 5.55. The number of rotatable bonds is 5. The van der Waals surface area contributed by atoms with Gasteiger partial charge in [-0.2, -0.15) is 0 Å². The molecule has 3 nitrogen and oxygen atoms in total. The van der Waals surface area contributed by atoms with Gasteiger partial charge in [-0.15, -0.1) is 0 Å². The first kappa shape index (κ1) is 12.5. The van der Waals surface area contributed by atoms with Gasteiger partial charge in [0.05, 0.1) is 0 Å². The molecule has 1 rings (SSSR count). The predicted octanol–water partition coefficient (Wildman–Crippen LogP) is 2.11. The third-order valence-electron chi connectivity index (χ3n) is 2.96. The van der Waals surface area contributed by atoms with E-state index < -0.39 is 0 Å². The third kappa shape index (κ3) is 5.17. The van der Waals surface area contributed by atoms with Gasteiger partial charge in [0.15, 0.2) is 0 Å². The van der Waals surface area contributed by atoms with Gasteiger partial charge < -0.3 is 10.1 Å². The molecule has 1 saturated carbocycles. The average Bonchev–Trinajstić information content (AvgIpc) is 2.20. The molecule has 0 radical (unpaired) electrons. The lowest BCUT2D eigenvalue weighted by Crippen LogP contribution is -2.36. The SMILES string of the molecule is CCCOCC1CCC(NC(C)=O)CC1. The molecule has 1 amide bonds. The lowest BCUT2D eigenvalue weighted by atomic mass is 9.86. The zero-order chi connectivity index (χ0) is 11.1. The van der Waals surface area contributed by atoms with E-state index >= 15 is 0 Å². The summed E-state index contributed by atoms with van der Waals surface area (Å²) in [5.41, 5.74) is 0. The highest BCUT2D eigenvalue weighted by Crippen LogP contribution is 2.24. The summed E-state index contributed by atoms with van der Waals surface area (Å²) in [6, 6.07) is 0.407. The maximum atomic E-state index is 10.9. The van der Waals surface area contributed by atoms with Crippen molar-refractivity contribution in [2.45, 2.75) is 52.0 Å². The first-order chi connectivity index (χ1) is 7.22.